The Labute approximate surface area is 151 Å². The van der Waals surface area contributed by atoms with E-state index in [4.69, 9.17) is 5.73 Å². The van der Waals surface area contributed by atoms with Crippen LogP contribution in [0.3, 0.4) is 0 Å². The molecular formula is C21H43N3. The van der Waals surface area contributed by atoms with Crippen molar-refractivity contribution in [2.75, 3.05) is 6.54 Å². The first-order valence-electron chi connectivity index (χ1n) is 10.8. The molecular weight excluding hydrogens is 294 g/mol. The Balaban J connectivity index is 1.79. The van der Waals surface area contributed by atoms with Gasteiger partial charge >= 0.3 is 0 Å². The van der Waals surface area contributed by atoms with Crippen LogP contribution in [-0.4, -0.2) is 30.0 Å². The molecule has 1 aliphatic heterocycles. The van der Waals surface area contributed by atoms with Crippen LogP contribution in [0.25, 0.3) is 0 Å². The standard InChI is InChI=1S/C21H43N3/c1-3-4-5-6-7-8-9-10-11-12-13-14-15-16-17-21-23-18-19-24(21)20(2)22/h18,20-21H,3-17,19,22H2,1-2H3. The predicted octanol–water partition coefficient (Wildman–Crippen LogP) is 5.88. The third-order valence-corrected chi connectivity index (χ3v) is 5.29. The van der Waals surface area contributed by atoms with E-state index in [-0.39, 0.29) is 6.17 Å². The molecule has 0 aliphatic carbocycles. The fraction of sp³-hybridized carbons (Fsp3) is 0.952. The van der Waals surface area contributed by atoms with Crippen molar-refractivity contribution in [2.24, 2.45) is 10.7 Å². The second kappa shape index (κ2) is 14.9. The monoisotopic (exact) mass is 337 g/mol. The number of rotatable bonds is 16. The molecule has 0 bridgehead atoms. The van der Waals surface area contributed by atoms with Crippen molar-refractivity contribution in [2.45, 2.75) is 122 Å². The normalized spacial score (nSPS) is 19.2. The molecule has 142 valence electrons. The Morgan fingerprint density at radius 3 is 1.79 bits per heavy atom. The van der Waals surface area contributed by atoms with Gasteiger partial charge in [-0.3, -0.25) is 9.89 Å². The van der Waals surface area contributed by atoms with Crippen molar-refractivity contribution in [3.8, 4) is 0 Å². The molecule has 0 radical (unpaired) electrons. The fourth-order valence-electron chi connectivity index (χ4n) is 3.67. The minimum atomic E-state index is 0.129. The highest BCUT2D eigenvalue weighted by atomic mass is 15.3. The van der Waals surface area contributed by atoms with Crippen LogP contribution in [0.1, 0.15) is 110 Å². The van der Waals surface area contributed by atoms with E-state index in [1.807, 2.05) is 6.21 Å². The zero-order valence-electron chi connectivity index (χ0n) is 16.5. The van der Waals surface area contributed by atoms with Crippen molar-refractivity contribution in [1.82, 2.24) is 4.90 Å². The third-order valence-electron chi connectivity index (χ3n) is 5.29. The van der Waals surface area contributed by atoms with E-state index in [2.05, 4.69) is 23.7 Å². The number of hydrogen-bond acceptors (Lipinski definition) is 3. The quantitative estimate of drug-likeness (QED) is 0.358. The molecule has 0 aromatic rings. The van der Waals surface area contributed by atoms with E-state index in [0.717, 1.165) is 6.54 Å². The van der Waals surface area contributed by atoms with Crippen molar-refractivity contribution in [1.29, 1.82) is 0 Å². The average Bonchev–Trinajstić information content (AvgIpc) is 3.04. The molecule has 2 atom stereocenters. The van der Waals surface area contributed by atoms with Gasteiger partial charge in [0.2, 0.25) is 0 Å². The molecule has 3 nitrogen and oxygen atoms in total. The summed E-state index contributed by atoms with van der Waals surface area (Å²) < 4.78 is 0. The summed E-state index contributed by atoms with van der Waals surface area (Å²) in [5.41, 5.74) is 5.98. The fourth-order valence-corrected chi connectivity index (χ4v) is 3.67. The highest BCUT2D eigenvalue weighted by Crippen LogP contribution is 2.17. The minimum Gasteiger partial charge on any atom is -0.316 e. The first kappa shape index (κ1) is 21.6. The summed E-state index contributed by atoms with van der Waals surface area (Å²) in [6.07, 6.45) is 23.5. The van der Waals surface area contributed by atoms with Gasteiger partial charge in [-0.05, 0) is 19.8 Å². The molecule has 2 unspecified atom stereocenters. The highest BCUT2D eigenvalue weighted by molar-refractivity contribution is 5.62. The zero-order valence-corrected chi connectivity index (χ0v) is 16.5. The van der Waals surface area contributed by atoms with Crippen LogP contribution in [0, 0.1) is 0 Å². The van der Waals surface area contributed by atoms with E-state index >= 15 is 0 Å². The smallest absolute Gasteiger partial charge is 0.103 e. The number of aliphatic imine (C=N–C) groups is 1. The average molecular weight is 338 g/mol. The lowest BCUT2D eigenvalue weighted by Crippen LogP contribution is -2.43. The molecule has 0 amide bonds. The summed E-state index contributed by atoms with van der Waals surface area (Å²) >= 11 is 0. The molecule has 0 saturated carbocycles. The lowest BCUT2D eigenvalue weighted by molar-refractivity contribution is 0.182. The van der Waals surface area contributed by atoms with Gasteiger partial charge in [-0.2, -0.15) is 0 Å². The van der Waals surface area contributed by atoms with Gasteiger partial charge in [-0.15, -0.1) is 0 Å². The van der Waals surface area contributed by atoms with Gasteiger partial charge in [-0.25, -0.2) is 0 Å². The van der Waals surface area contributed by atoms with Gasteiger partial charge in [0.05, 0.1) is 6.17 Å². The van der Waals surface area contributed by atoms with E-state index in [1.54, 1.807) is 0 Å². The molecule has 0 fully saturated rings. The number of nitrogens with two attached hydrogens (primary N) is 1. The van der Waals surface area contributed by atoms with Gasteiger partial charge in [0.15, 0.2) is 0 Å². The number of unbranched alkanes of at least 4 members (excludes halogenated alkanes) is 13. The van der Waals surface area contributed by atoms with Crippen LogP contribution in [0.4, 0.5) is 0 Å². The largest absolute Gasteiger partial charge is 0.316 e. The molecule has 1 heterocycles. The molecule has 24 heavy (non-hydrogen) atoms. The van der Waals surface area contributed by atoms with Crippen LogP contribution in [0.2, 0.25) is 0 Å². The molecule has 0 spiro atoms. The lowest BCUT2D eigenvalue weighted by atomic mass is 10.0. The SMILES string of the molecule is CCCCCCCCCCCCCCCCC1N=CCN1C(C)N. The van der Waals surface area contributed by atoms with E-state index < -0.39 is 0 Å². The zero-order chi connectivity index (χ0) is 17.5. The Hall–Kier alpha value is -0.410. The van der Waals surface area contributed by atoms with Crippen LogP contribution < -0.4 is 5.73 Å². The van der Waals surface area contributed by atoms with Crippen LogP contribution in [-0.2, 0) is 0 Å². The molecule has 0 aromatic carbocycles. The van der Waals surface area contributed by atoms with Gasteiger partial charge < -0.3 is 5.73 Å². The maximum Gasteiger partial charge on any atom is 0.103 e. The predicted molar refractivity (Wildman–Crippen MR) is 108 cm³/mol. The minimum absolute atomic E-state index is 0.129. The number of nitrogens with zero attached hydrogens (tertiary/aromatic N) is 2. The molecule has 2 N–H and O–H groups in total. The van der Waals surface area contributed by atoms with Crippen molar-refractivity contribution in [3.05, 3.63) is 0 Å². The molecule has 0 saturated heterocycles. The molecule has 1 rings (SSSR count). The van der Waals surface area contributed by atoms with Gasteiger partial charge in [0.1, 0.15) is 6.17 Å². The Bertz CT molecular complexity index is 301. The maximum atomic E-state index is 5.98. The van der Waals surface area contributed by atoms with E-state index in [9.17, 15) is 0 Å². The van der Waals surface area contributed by atoms with Crippen LogP contribution in [0.15, 0.2) is 4.99 Å². The van der Waals surface area contributed by atoms with E-state index in [1.165, 1.54) is 96.3 Å². The third kappa shape index (κ3) is 10.5. The Morgan fingerprint density at radius 2 is 1.33 bits per heavy atom. The Kier molecular flexibility index (Phi) is 13.4. The summed E-state index contributed by atoms with van der Waals surface area (Å²) in [4.78, 5) is 6.85. The van der Waals surface area contributed by atoms with Gasteiger partial charge in [0.25, 0.3) is 0 Å². The Morgan fingerprint density at radius 1 is 0.875 bits per heavy atom. The van der Waals surface area contributed by atoms with Crippen LogP contribution >= 0.6 is 0 Å². The second-order valence-corrected chi connectivity index (χ2v) is 7.63. The summed E-state index contributed by atoms with van der Waals surface area (Å²) in [6.45, 7) is 5.28. The molecule has 3 heteroatoms. The first-order valence-corrected chi connectivity index (χ1v) is 10.8. The van der Waals surface area contributed by atoms with Crippen LogP contribution in [0.5, 0.6) is 0 Å². The van der Waals surface area contributed by atoms with Crippen molar-refractivity contribution < 1.29 is 0 Å². The second-order valence-electron chi connectivity index (χ2n) is 7.63. The summed E-state index contributed by atoms with van der Waals surface area (Å²) in [6, 6.07) is 0. The molecule has 1 aliphatic rings. The number of hydrogen-bond donors (Lipinski definition) is 1. The van der Waals surface area contributed by atoms with Gasteiger partial charge in [0, 0.05) is 12.8 Å². The van der Waals surface area contributed by atoms with Gasteiger partial charge in [-0.1, -0.05) is 90.4 Å². The highest BCUT2D eigenvalue weighted by Gasteiger charge is 2.22. The maximum absolute atomic E-state index is 5.98. The molecule has 0 aromatic heterocycles. The topological polar surface area (TPSA) is 41.6 Å². The first-order chi connectivity index (χ1) is 11.8. The van der Waals surface area contributed by atoms with Crippen molar-refractivity contribution >= 4 is 6.21 Å². The van der Waals surface area contributed by atoms with Crippen molar-refractivity contribution in [3.63, 3.8) is 0 Å². The summed E-state index contributed by atoms with van der Waals surface area (Å²) in [5.74, 6) is 0. The summed E-state index contributed by atoms with van der Waals surface area (Å²) in [5, 5.41) is 0. The van der Waals surface area contributed by atoms with E-state index in [0.29, 0.717) is 6.17 Å². The summed E-state index contributed by atoms with van der Waals surface area (Å²) in [7, 11) is 0. The lowest BCUT2D eigenvalue weighted by Gasteiger charge is -2.26.